The van der Waals surface area contributed by atoms with E-state index in [1.165, 1.54) is 0 Å². The Kier molecular flexibility index (Phi) is 5.59. The molecule has 1 aliphatic heterocycles. The van der Waals surface area contributed by atoms with Gasteiger partial charge in [-0.15, -0.1) is 0 Å². The van der Waals surface area contributed by atoms with Crippen LogP contribution in [0.5, 0.6) is 0 Å². The predicted molar refractivity (Wildman–Crippen MR) is 77.4 cm³/mol. The fraction of sp³-hybridized carbons (Fsp3) is 0.800. The van der Waals surface area contributed by atoms with E-state index in [1.54, 1.807) is 6.08 Å². The van der Waals surface area contributed by atoms with Gasteiger partial charge in [0.2, 0.25) is 0 Å². The average molecular weight is 285 g/mol. The van der Waals surface area contributed by atoms with Crippen LogP contribution < -0.4 is 5.32 Å². The van der Waals surface area contributed by atoms with Crippen molar-refractivity contribution in [1.82, 2.24) is 5.32 Å². The predicted octanol–water partition coefficient (Wildman–Crippen LogP) is 2.85. The van der Waals surface area contributed by atoms with Crippen molar-refractivity contribution >= 4 is 6.09 Å². The van der Waals surface area contributed by atoms with Crippen molar-refractivity contribution < 1.29 is 19.0 Å². The fourth-order valence-corrected chi connectivity index (χ4v) is 1.68. The van der Waals surface area contributed by atoms with Crippen molar-refractivity contribution in [2.24, 2.45) is 5.41 Å². The highest BCUT2D eigenvalue weighted by Gasteiger charge is 2.28. The molecule has 0 saturated carbocycles. The zero-order chi connectivity index (χ0) is 15.4. The molecule has 0 spiro atoms. The third-order valence-corrected chi connectivity index (χ3v) is 2.55. The Morgan fingerprint density at radius 1 is 1.20 bits per heavy atom. The van der Waals surface area contributed by atoms with Crippen LogP contribution in [0.15, 0.2) is 12.2 Å². The second-order valence-corrected chi connectivity index (χ2v) is 7.11. The summed E-state index contributed by atoms with van der Waals surface area (Å²) in [6.07, 6.45) is 2.50. The molecule has 0 bridgehead atoms. The first kappa shape index (κ1) is 17.0. The topological polar surface area (TPSA) is 56.8 Å². The Morgan fingerprint density at radius 3 is 2.40 bits per heavy atom. The van der Waals surface area contributed by atoms with E-state index >= 15 is 0 Å². The minimum atomic E-state index is -0.440. The first-order valence-electron chi connectivity index (χ1n) is 6.96. The van der Waals surface area contributed by atoms with Gasteiger partial charge in [0.15, 0.2) is 6.29 Å². The third kappa shape index (κ3) is 6.39. The van der Waals surface area contributed by atoms with Crippen LogP contribution in [0.2, 0.25) is 0 Å². The maximum atomic E-state index is 11.7. The zero-order valence-electron chi connectivity index (χ0n) is 13.4. The normalized spacial score (nSPS) is 26.3. The molecule has 0 fully saturated rings. The van der Waals surface area contributed by atoms with E-state index in [-0.39, 0.29) is 23.9 Å². The minimum absolute atomic E-state index is 0.122. The summed E-state index contributed by atoms with van der Waals surface area (Å²) < 4.78 is 16.7. The summed E-state index contributed by atoms with van der Waals surface area (Å²) in [7, 11) is 0. The van der Waals surface area contributed by atoms with Crippen LogP contribution in [0, 0.1) is 5.41 Å². The van der Waals surface area contributed by atoms with E-state index in [4.69, 9.17) is 14.2 Å². The van der Waals surface area contributed by atoms with Crippen LogP contribution in [0.4, 0.5) is 4.79 Å². The largest absolute Gasteiger partial charge is 0.440 e. The number of carbonyl (C=O) groups is 1. The second kappa shape index (κ2) is 6.59. The van der Waals surface area contributed by atoms with Gasteiger partial charge in [-0.25, -0.2) is 4.79 Å². The lowest BCUT2D eigenvalue weighted by atomic mass is 9.96. The van der Waals surface area contributed by atoms with Gasteiger partial charge in [-0.2, -0.15) is 0 Å². The number of hydrogen-bond acceptors (Lipinski definition) is 4. The Balaban J connectivity index is 2.55. The third-order valence-electron chi connectivity index (χ3n) is 2.55. The minimum Gasteiger partial charge on any atom is -0.440 e. The lowest BCUT2D eigenvalue weighted by Gasteiger charge is -2.32. The van der Waals surface area contributed by atoms with Crippen molar-refractivity contribution in [3.8, 4) is 0 Å². The van der Waals surface area contributed by atoms with Crippen LogP contribution in [0.3, 0.4) is 0 Å². The Bertz CT molecular complexity index is 352. The van der Waals surface area contributed by atoms with Crippen molar-refractivity contribution in [2.45, 2.75) is 59.5 Å². The Morgan fingerprint density at radius 2 is 1.85 bits per heavy atom. The molecule has 0 aromatic carbocycles. The molecular formula is C15H27NO4. The van der Waals surface area contributed by atoms with Gasteiger partial charge in [0.25, 0.3) is 0 Å². The number of carbonyl (C=O) groups excluding carboxylic acids is 1. The quantitative estimate of drug-likeness (QED) is 0.753. The van der Waals surface area contributed by atoms with Crippen LogP contribution in [0.1, 0.15) is 41.5 Å². The van der Waals surface area contributed by atoms with E-state index in [1.807, 2.05) is 47.6 Å². The number of nitrogens with one attached hydrogen (secondary N) is 1. The Labute approximate surface area is 121 Å². The van der Waals surface area contributed by atoms with Crippen LogP contribution in [0.25, 0.3) is 0 Å². The standard InChI is InChI=1S/C15H27NO4/c1-14(2,3)12-18-9-7-8-11(10-19-12)20-13(17)16-15(4,5)6/h7-8,11-12H,9-10H2,1-6H3,(H,16,17)/b8-7+. The molecule has 2 atom stereocenters. The van der Waals surface area contributed by atoms with Gasteiger partial charge in [0, 0.05) is 11.0 Å². The molecule has 5 nitrogen and oxygen atoms in total. The molecule has 0 radical (unpaired) electrons. The summed E-state index contributed by atoms with van der Waals surface area (Å²) in [6.45, 7) is 12.6. The van der Waals surface area contributed by atoms with E-state index in [0.717, 1.165) is 0 Å². The lowest BCUT2D eigenvalue weighted by Crippen LogP contribution is -2.43. The smallest absolute Gasteiger partial charge is 0.408 e. The van der Waals surface area contributed by atoms with Crippen LogP contribution in [-0.4, -0.2) is 37.2 Å². The van der Waals surface area contributed by atoms with Gasteiger partial charge < -0.3 is 19.5 Å². The molecule has 20 heavy (non-hydrogen) atoms. The molecule has 116 valence electrons. The van der Waals surface area contributed by atoms with E-state index in [9.17, 15) is 4.79 Å². The number of rotatable bonds is 1. The molecule has 0 aliphatic carbocycles. The molecule has 0 saturated heterocycles. The number of alkyl carbamates (subject to hydrolysis) is 1. The summed E-state index contributed by atoms with van der Waals surface area (Å²) in [5.41, 5.74) is -0.441. The summed E-state index contributed by atoms with van der Waals surface area (Å²) >= 11 is 0. The number of amides is 1. The van der Waals surface area contributed by atoms with Crippen molar-refractivity contribution in [3.05, 3.63) is 12.2 Å². The van der Waals surface area contributed by atoms with Crippen LogP contribution in [-0.2, 0) is 14.2 Å². The molecule has 0 aromatic rings. The number of hydrogen-bond donors (Lipinski definition) is 1. The molecule has 1 aliphatic rings. The monoisotopic (exact) mass is 285 g/mol. The number of ether oxygens (including phenoxy) is 3. The lowest BCUT2D eigenvalue weighted by molar-refractivity contribution is -0.199. The van der Waals surface area contributed by atoms with Gasteiger partial charge in [-0.05, 0) is 26.8 Å². The highest BCUT2D eigenvalue weighted by Crippen LogP contribution is 2.24. The highest BCUT2D eigenvalue weighted by atomic mass is 16.7. The molecular weight excluding hydrogens is 258 g/mol. The molecule has 1 rings (SSSR count). The van der Waals surface area contributed by atoms with Crippen molar-refractivity contribution in [3.63, 3.8) is 0 Å². The average Bonchev–Trinajstić information content (AvgIpc) is 2.17. The molecule has 1 N–H and O–H groups in total. The first-order valence-corrected chi connectivity index (χ1v) is 6.96. The van der Waals surface area contributed by atoms with Crippen molar-refractivity contribution in [1.29, 1.82) is 0 Å². The van der Waals surface area contributed by atoms with E-state index < -0.39 is 12.2 Å². The second-order valence-electron chi connectivity index (χ2n) is 7.11. The van der Waals surface area contributed by atoms with Crippen molar-refractivity contribution in [2.75, 3.05) is 13.2 Å². The van der Waals surface area contributed by atoms with Gasteiger partial charge >= 0.3 is 6.09 Å². The summed E-state index contributed by atoms with van der Waals surface area (Å²) in [5, 5.41) is 2.76. The summed E-state index contributed by atoms with van der Waals surface area (Å²) in [5.74, 6) is 0. The SMILES string of the molecule is CC(C)(C)NC(=O)OC1/C=C/COC(C(C)(C)C)OC1. The van der Waals surface area contributed by atoms with E-state index in [0.29, 0.717) is 6.61 Å². The Hall–Kier alpha value is -1.07. The van der Waals surface area contributed by atoms with Gasteiger partial charge in [-0.1, -0.05) is 26.8 Å². The van der Waals surface area contributed by atoms with E-state index in [2.05, 4.69) is 5.32 Å². The van der Waals surface area contributed by atoms with Gasteiger partial charge in [-0.3, -0.25) is 0 Å². The maximum absolute atomic E-state index is 11.7. The molecule has 2 unspecified atom stereocenters. The van der Waals surface area contributed by atoms with Gasteiger partial charge in [0.1, 0.15) is 6.10 Å². The molecule has 5 heteroatoms. The molecule has 1 heterocycles. The molecule has 1 amide bonds. The van der Waals surface area contributed by atoms with Crippen LogP contribution >= 0.6 is 0 Å². The first-order chi connectivity index (χ1) is 9.08. The summed E-state index contributed by atoms with van der Waals surface area (Å²) in [4.78, 5) is 11.7. The zero-order valence-corrected chi connectivity index (χ0v) is 13.4. The van der Waals surface area contributed by atoms with Gasteiger partial charge in [0.05, 0.1) is 13.2 Å². The molecule has 0 aromatic heterocycles. The summed E-state index contributed by atoms with van der Waals surface area (Å²) in [6, 6.07) is 0. The fourth-order valence-electron chi connectivity index (χ4n) is 1.68. The highest BCUT2D eigenvalue weighted by molar-refractivity contribution is 5.68. The maximum Gasteiger partial charge on any atom is 0.408 e.